The minimum atomic E-state index is -0.675. The number of ether oxygens (including phenoxy) is 1. The minimum absolute atomic E-state index is 0.285. The molecule has 4 nitrogen and oxygen atoms in total. The van der Waals surface area contributed by atoms with Gasteiger partial charge in [0.1, 0.15) is 5.54 Å². The van der Waals surface area contributed by atoms with E-state index in [1.807, 2.05) is 12.1 Å². The molecule has 22 heavy (non-hydrogen) atoms. The summed E-state index contributed by atoms with van der Waals surface area (Å²) in [5, 5.41) is 2.45. The van der Waals surface area contributed by atoms with Crippen molar-refractivity contribution >= 4 is 16.7 Å². The van der Waals surface area contributed by atoms with E-state index in [2.05, 4.69) is 35.2 Å². The Balaban J connectivity index is 1.95. The smallest absolute Gasteiger partial charge is 0.240 e. The average Bonchev–Trinajstić information content (AvgIpc) is 2.92. The molecule has 2 aromatic rings. The van der Waals surface area contributed by atoms with E-state index in [4.69, 9.17) is 10.5 Å². The maximum Gasteiger partial charge on any atom is 0.240 e. The number of hydrogen-bond acceptors (Lipinski definition) is 3. The Morgan fingerprint density at radius 2 is 2.05 bits per heavy atom. The number of carbonyl (C=O) groups excluding carboxylic acids is 1. The van der Waals surface area contributed by atoms with Crippen LogP contribution in [0.3, 0.4) is 0 Å². The predicted molar refractivity (Wildman–Crippen MR) is 87.4 cm³/mol. The molecule has 1 fully saturated rings. The fourth-order valence-corrected chi connectivity index (χ4v) is 3.55. The summed E-state index contributed by atoms with van der Waals surface area (Å²) in [4.78, 5) is 14.3. The van der Waals surface area contributed by atoms with Crippen molar-refractivity contribution in [3.8, 4) is 0 Å². The summed E-state index contributed by atoms with van der Waals surface area (Å²) >= 11 is 0. The Hall–Kier alpha value is -1.91. The van der Waals surface area contributed by atoms with Crippen molar-refractivity contribution in [1.82, 2.24) is 4.90 Å². The van der Waals surface area contributed by atoms with Gasteiger partial charge in [0.2, 0.25) is 5.91 Å². The predicted octanol–water partition coefficient (Wildman–Crippen LogP) is 2.31. The first-order chi connectivity index (χ1) is 10.7. The van der Waals surface area contributed by atoms with Crippen LogP contribution in [0.4, 0.5) is 0 Å². The maximum absolute atomic E-state index is 12.1. The van der Waals surface area contributed by atoms with E-state index in [1.54, 1.807) is 7.11 Å². The zero-order valence-electron chi connectivity index (χ0n) is 12.9. The highest BCUT2D eigenvalue weighted by atomic mass is 16.5. The largest absolute Gasteiger partial charge is 0.382 e. The number of carbonyl (C=O) groups is 1. The number of benzene rings is 2. The number of amides is 1. The molecule has 1 atom stereocenters. The lowest BCUT2D eigenvalue weighted by atomic mass is 9.95. The van der Waals surface area contributed by atoms with Gasteiger partial charge in [-0.3, -0.25) is 9.69 Å². The minimum Gasteiger partial charge on any atom is -0.382 e. The molecule has 0 aliphatic carbocycles. The summed E-state index contributed by atoms with van der Waals surface area (Å²) in [5.41, 5.74) is 6.26. The fraction of sp³-hybridized carbons (Fsp3) is 0.389. The van der Waals surface area contributed by atoms with Crippen molar-refractivity contribution in [2.75, 3.05) is 20.3 Å². The van der Waals surface area contributed by atoms with Crippen LogP contribution in [0.25, 0.3) is 10.8 Å². The lowest BCUT2D eigenvalue weighted by molar-refractivity contribution is -0.132. The second-order valence-corrected chi connectivity index (χ2v) is 5.99. The van der Waals surface area contributed by atoms with E-state index in [0.29, 0.717) is 13.2 Å². The third-order valence-electron chi connectivity index (χ3n) is 4.71. The molecule has 1 unspecified atom stereocenters. The fourth-order valence-electron chi connectivity index (χ4n) is 3.55. The molecule has 116 valence electrons. The van der Waals surface area contributed by atoms with Gasteiger partial charge in [0.25, 0.3) is 0 Å². The molecule has 3 rings (SSSR count). The Kier molecular flexibility index (Phi) is 4.14. The van der Waals surface area contributed by atoms with Gasteiger partial charge in [0, 0.05) is 13.7 Å². The van der Waals surface area contributed by atoms with Crippen LogP contribution < -0.4 is 5.73 Å². The highest BCUT2D eigenvalue weighted by Gasteiger charge is 2.46. The third kappa shape index (κ3) is 2.49. The number of primary amides is 1. The van der Waals surface area contributed by atoms with Crippen LogP contribution in [0.5, 0.6) is 0 Å². The number of fused-ring (bicyclic) bond motifs is 1. The Morgan fingerprint density at radius 3 is 2.82 bits per heavy atom. The standard InChI is InChI=1S/C18H22N2O2/c1-22-13-18(17(19)21)10-5-11-20(18)12-15-8-4-7-14-6-2-3-9-16(14)15/h2-4,6-9H,5,10-13H2,1H3,(H2,19,21). The zero-order chi connectivity index (χ0) is 15.6. The van der Waals surface area contributed by atoms with Crippen LogP contribution in [0, 0.1) is 0 Å². The van der Waals surface area contributed by atoms with Gasteiger partial charge in [-0.25, -0.2) is 0 Å². The summed E-state index contributed by atoms with van der Waals surface area (Å²) in [5.74, 6) is -0.285. The number of nitrogens with zero attached hydrogens (tertiary/aromatic N) is 1. The van der Waals surface area contributed by atoms with Crippen LogP contribution in [0.1, 0.15) is 18.4 Å². The molecule has 1 aliphatic heterocycles. The molecule has 1 amide bonds. The highest BCUT2D eigenvalue weighted by Crippen LogP contribution is 2.32. The normalized spacial score (nSPS) is 22.2. The molecule has 2 aromatic carbocycles. The summed E-state index contributed by atoms with van der Waals surface area (Å²) < 4.78 is 5.30. The number of nitrogens with two attached hydrogens (primary N) is 1. The average molecular weight is 298 g/mol. The van der Waals surface area contributed by atoms with Gasteiger partial charge >= 0.3 is 0 Å². The second kappa shape index (κ2) is 6.07. The van der Waals surface area contributed by atoms with Crippen molar-refractivity contribution in [1.29, 1.82) is 0 Å². The van der Waals surface area contributed by atoms with E-state index in [9.17, 15) is 4.79 Å². The van der Waals surface area contributed by atoms with Gasteiger partial charge in [0.05, 0.1) is 6.61 Å². The van der Waals surface area contributed by atoms with E-state index >= 15 is 0 Å². The van der Waals surface area contributed by atoms with E-state index in [-0.39, 0.29) is 5.91 Å². The molecule has 0 aromatic heterocycles. The monoisotopic (exact) mass is 298 g/mol. The molecule has 0 bridgehead atoms. The van der Waals surface area contributed by atoms with Gasteiger partial charge in [-0.1, -0.05) is 42.5 Å². The topological polar surface area (TPSA) is 55.6 Å². The summed E-state index contributed by atoms with van der Waals surface area (Å²) in [6.07, 6.45) is 1.73. The highest BCUT2D eigenvalue weighted by molar-refractivity contribution is 5.87. The zero-order valence-corrected chi connectivity index (χ0v) is 12.9. The lowest BCUT2D eigenvalue weighted by Crippen LogP contribution is -2.56. The second-order valence-electron chi connectivity index (χ2n) is 5.99. The number of rotatable bonds is 5. The lowest BCUT2D eigenvalue weighted by Gasteiger charge is -2.35. The SMILES string of the molecule is COCC1(C(N)=O)CCCN1Cc1cccc2ccccc12. The molecule has 4 heteroatoms. The maximum atomic E-state index is 12.1. The Labute approximate surface area is 130 Å². The van der Waals surface area contributed by atoms with Crippen LogP contribution >= 0.6 is 0 Å². The molecule has 0 saturated carbocycles. The van der Waals surface area contributed by atoms with Crippen molar-refractivity contribution in [2.45, 2.75) is 24.9 Å². The molecule has 2 N–H and O–H groups in total. The molecule has 1 aliphatic rings. The molecular weight excluding hydrogens is 276 g/mol. The van der Waals surface area contributed by atoms with Gasteiger partial charge in [-0.2, -0.15) is 0 Å². The van der Waals surface area contributed by atoms with Gasteiger partial charge in [-0.15, -0.1) is 0 Å². The van der Waals surface area contributed by atoms with Crippen molar-refractivity contribution in [2.24, 2.45) is 5.73 Å². The number of methoxy groups -OCH3 is 1. The van der Waals surface area contributed by atoms with Crippen molar-refractivity contribution in [3.05, 3.63) is 48.0 Å². The first-order valence-corrected chi connectivity index (χ1v) is 7.68. The van der Waals surface area contributed by atoms with Gasteiger partial charge < -0.3 is 10.5 Å². The van der Waals surface area contributed by atoms with Crippen LogP contribution in [-0.2, 0) is 16.1 Å². The summed E-state index contributed by atoms with van der Waals surface area (Å²) in [6, 6.07) is 14.6. The van der Waals surface area contributed by atoms with Crippen molar-refractivity contribution < 1.29 is 9.53 Å². The Bertz CT molecular complexity index is 680. The first-order valence-electron chi connectivity index (χ1n) is 7.68. The Morgan fingerprint density at radius 1 is 1.27 bits per heavy atom. The number of hydrogen-bond donors (Lipinski definition) is 1. The molecule has 0 radical (unpaired) electrons. The molecular formula is C18H22N2O2. The van der Waals surface area contributed by atoms with Gasteiger partial charge in [-0.05, 0) is 35.7 Å². The summed E-state index contributed by atoms with van der Waals surface area (Å²) in [7, 11) is 1.62. The van der Waals surface area contributed by atoms with E-state index in [0.717, 1.165) is 19.4 Å². The van der Waals surface area contributed by atoms with Crippen LogP contribution in [0.15, 0.2) is 42.5 Å². The molecule has 0 spiro atoms. The molecule has 1 heterocycles. The van der Waals surface area contributed by atoms with E-state index < -0.39 is 5.54 Å². The summed E-state index contributed by atoms with van der Waals surface area (Å²) in [6.45, 7) is 1.94. The van der Waals surface area contributed by atoms with E-state index in [1.165, 1.54) is 16.3 Å². The third-order valence-corrected chi connectivity index (χ3v) is 4.71. The quantitative estimate of drug-likeness (QED) is 0.921. The van der Waals surface area contributed by atoms with Gasteiger partial charge in [0.15, 0.2) is 0 Å². The van der Waals surface area contributed by atoms with Crippen LogP contribution in [0.2, 0.25) is 0 Å². The number of likely N-dealkylation sites (tertiary alicyclic amines) is 1. The molecule has 1 saturated heterocycles. The van der Waals surface area contributed by atoms with Crippen molar-refractivity contribution in [3.63, 3.8) is 0 Å². The first kappa shape index (κ1) is 15.0. The van der Waals surface area contributed by atoms with Crippen LogP contribution in [-0.4, -0.2) is 36.6 Å².